The molecule has 1 aromatic rings. The number of rotatable bonds is 4. The summed E-state index contributed by atoms with van der Waals surface area (Å²) in [6.07, 6.45) is 2.36. The normalized spacial score (nSPS) is 19.6. The Morgan fingerprint density at radius 1 is 1.63 bits per heavy atom. The zero-order chi connectivity index (χ0) is 13.8. The molecule has 19 heavy (non-hydrogen) atoms. The summed E-state index contributed by atoms with van der Waals surface area (Å²) in [6.45, 7) is 2.00. The van der Waals surface area contributed by atoms with Gasteiger partial charge in [-0.3, -0.25) is 4.79 Å². The average molecular weight is 282 g/mol. The lowest BCUT2D eigenvalue weighted by molar-refractivity contribution is -0.123. The monoisotopic (exact) mass is 282 g/mol. The molecule has 0 saturated carbocycles. The van der Waals surface area contributed by atoms with Crippen molar-refractivity contribution in [2.24, 2.45) is 5.73 Å². The van der Waals surface area contributed by atoms with Crippen LogP contribution >= 0.6 is 11.8 Å². The molecule has 0 fully saturated rings. The number of carbonyl (C=O) groups is 1. The Bertz CT molecular complexity index is 467. The average Bonchev–Trinajstić information content (AvgIpc) is 2.39. The van der Waals surface area contributed by atoms with E-state index in [1.807, 2.05) is 6.92 Å². The van der Waals surface area contributed by atoms with Gasteiger partial charge in [-0.2, -0.15) is 0 Å². The van der Waals surface area contributed by atoms with E-state index in [2.05, 4.69) is 5.32 Å². The molecule has 1 aliphatic rings. The molecule has 0 saturated heterocycles. The van der Waals surface area contributed by atoms with Gasteiger partial charge in [-0.25, -0.2) is 4.39 Å². The maximum atomic E-state index is 13.3. The Kier molecular flexibility index (Phi) is 4.82. The van der Waals surface area contributed by atoms with Crippen LogP contribution in [0.3, 0.4) is 0 Å². The molecule has 0 spiro atoms. The van der Waals surface area contributed by atoms with Gasteiger partial charge < -0.3 is 11.1 Å². The smallest absolute Gasteiger partial charge is 0.237 e. The molecule has 0 bridgehead atoms. The first-order chi connectivity index (χ1) is 9.11. The van der Waals surface area contributed by atoms with Crippen molar-refractivity contribution in [3.8, 4) is 0 Å². The van der Waals surface area contributed by atoms with Crippen LogP contribution in [0.25, 0.3) is 0 Å². The van der Waals surface area contributed by atoms with Crippen LogP contribution in [0.2, 0.25) is 0 Å². The van der Waals surface area contributed by atoms with Crippen molar-refractivity contribution in [1.29, 1.82) is 0 Å². The Morgan fingerprint density at radius 2 is 2.42 bits per heavy atom. The molecule has 1 amide bonds. The highest BCUT2D eigenvalue weighted by molar-refractivity contribution is 7.99. The summed E-state index contributed by atoms with van der Waals surface area (Å²) in [6, 6.07) is 4.15. The highest BCUT2D eigenvalue weighted by Gasteiger charge is 2.24. The molecule has 1 unspecified atom stereocenters. The van der Waals surface area contributed by atoms with Crippen LogP contribution < -0.4 is 11.1 Å². The second-order valence-electron chi connectivity index (χ2n) is 4.78. The number of hydrogen-bond donors (Lipinski definition) is 2. The minimum Gasteiger partial charge on any atom is -0.348 e. The van der Waals surface area contributed by atoms with Crippen molar-refractivity contribution in [2.45, 2.75) is 43.2 Å². The lowest BCUT2D eigenvalue weighted by Crippen LogP contribution is -2.42. The third-order valence-corrected chi connectivity index (χ3v) is 4.39. The number of nitrogens with two attached hydrogens (primary N) is 1. The third kappa shape index (κ3) is 3.48. The summed E-state index contributed by atoms with van der Waals surface area (Å²) < 4.78 is 13.3. The fraction of sp³-hybridized carbons (Fsp3) is 0.500. The van der Waals surface area contributed by atoms with E-state index < -0.39 is 6.04 Å². The fourth-order valence-corrected chi connectivity index (χ4v) is 3.34. The summed E-state index contributed by atoms with van der Waals surface area (Å²) >= 11 is 1.70. The van der Waals surface area contributed by atoms with Crippen molar-refractivity contribution < 1.29 is 9.18 Å². The van der Waals surface area contributed by atoms with Crippen LogP contribution in [-0.4, -0.2) is 17.7 Å². The zero-order valence-corrected chi connectivity index (χ0v) is 11.8. The minimum atomic E-state index is -0.475. The van der Waals surface area contributed by atoms with Crippen LogP contribution in [0.15, 0.2) is 23.1 Å². The number of carbonyl (C=O) groups excluding carboxylic acids is 1. The first kappa shape index (κ1) is 14.3. The number of amides is 1. The second kappa shape index (κ2) is 6.39. The number of thioether (sulfide) groups is 1. The van der Waals surface area contributed by atoms with Crippen LogP contribution in [0, 0.1) is 5.82 Å². The van der Waals surface area contributed by atoms with Crippen LogP contribution in [0.5, 0.6) is 0 Å². The summed E-state index contributed by atoms with van der Waals surface area (Å²) in [7, 11) is 0. The van der Waals surface area contributed by atoms with Crippen molar-refractivity contribution >= 4 is 17.7 Å². The van der Waals surface area contributed by atoms with Gasteiger partial charge in [0.1, 0.15) is 5.82 Å². The van der Waals surface area contributed by atoms with Crippen LogP contribution in [0.4, 0.5) is 4.39 Å². The van der Waals surface area contributed by atoms with Crippen molar-refractivity contribution in [3.05, 3.63) is 29.6 Å². The van der Waals surface area contributed by atoms with E-state index in [0.29, 0.717) is 6.42 Å². The van der Waals surface area contributed by atoms with Gasteiger partial charge in [0.2, 0.25) is 5.91 Å². The lowest BCUT2D eigenvalue weighted by atomic mass is 10.0. The van der Waals surface area contributed by atoms with Gasteiger partial charge in [0.05, 0.1) is 12.1 Å². The van der Waals surface area contributed by atoms with E-state index in [4.69, 9.17) is 5.73 Å². The summed E-state index contributed by atoms with van der Waals surface area (Å²) in [5.41, 5.74) is 6.67. The van der Waals surface area contributed by atoms with E-state index >= 15 is 0 Å². The van der Waals surface area contributed by atoms with Gasteiger partial charge in [0.25, 0.3) is 0 Å². The van der Waals surface area contributed by atoms with Crippen LogP contribution in [-0.2, 0) is 4.79 Å². The number of hydrogen-bond acceptors (Lipinski definition) is 3. The van der Waals surface area contributed by atoms with Gasteiger partial charge in [-0.1, -0.05) is 13.3 Å². The zero-order valence-electron chi connectivity index (χ0n) is 11.0. The van der Waals surface area contributed by atoms with Crippen molar-refractivity contribution in [2.75, 3.05) is 5.75 Å². The molecule has 0 aliphatic carbocycles. The van der Waals surface area contributed by atoms with Gasteiger partial charge in [0, 0.05) is 10.6 Å². The highest BCUT2D eigenvalue weighted by Crippen LogP contribution is 2.36. The van der Waals surface area contributed by atoms with Gasteiger partial charge in [-0.15, -0.1) is 11.8 Å². The molecule has 3 N–H and O–H groups in total. The predicted octanol–water partition coefficient (Wildman–Crippen LogP) is 2.61. The molecule has 1 aliphatic heterocycles. The predicted molar refractivity (Wildman–Crippen MR) is 75.5 cm³/mol. The number of nitrogens with one attached hydrogen (secondary N) is 1. The molecule has 1 aromatic carbocycles. The maximum Gasteiger partial charge on any atom is 0.237 e. The Labute approximate surface area is 117 Å². The van der Waals surface area contributed by atoms with Gasteiger partial charge in [-0.05, 0) is 36.6 Å². The standard InChI is InChI=1S/C14H19FN2OS/c1-2-3-11(16)14(18)17-12-6-7-19-13-5-4-9(15)8-10(12)13/h4-5,8,11-12H,2-3,6-7,16H2,1H3,(H,17,18)/t11-,12?/m0/s1. The third-order valence-electron chi connectivity index (χ3n) is 3.26. The molecule has 3 nitrogen and oxygen atoms in total. The molecule has 2 rings (SSSR count). The first-order valence-electron chi connectivity index (χ1n) is 6.60. The van der Waals surface area contributed by atoms with Gasteiger partial charge in [0.15, 0.2) is 0 Å². The lowest BCUT2D eigenvalue weighted by Gasteiger charge is -2.27. The van der Waals surface area contributed by atoms with E-state index in [9.17, 15) is 9.18 Å². The Morgan fingerprint density at radius 3 is 3.16 bits per heavy atom. The molecule has 0 aromatic heterocycles. The summed E-state index contributed by atoms with van der Waals surface area (Å²) in [5.74, 6) is 0.513. The van der Waals surface area contributed by atoms with E-state index in [1.54, 1.807) is 17.8 Å². The van der Waals surface area contributed by atoms with E-state index in [1.165, 1.54) is 12.1 Å². The maximum absolute atomic E-state index is 13.3. The molecule has 0 radical (unpaired) electrons. The SMILES string of the molecule is CCC[C@H](N)C(=O)NC1CCSc2ccc(F)cc21. The van der Waals surface area contributed by atoms with E-state index in [-0.39, 0.29) is 17.8 Å². The molecular formula is C14H19FN2OS. The topological polar surface area (TPSA) is 55.1 Å². The summed E-state index contributed by atoms with van der Waals surface area (Å²) in [5, 5.41) is 2.94. The van der Waals surface area contributed by atoms with Crippen molar-refractivity contribution in [1.82, 2.24) is 5.32 Å². The number of fused-ring (bicyclic) bond motifs is 1. The minimum absolute atomic E-state index is 0.123. The highest BCUT2D eigenvalue weighted by atomic mass is 32.2. The van der Waals surface area contributed by atoms with Gasteiger partial charge >= 0.3 is 0 Å². The summed E-state index contributed by atoms with van der Waals surface area (Å²) in [4.78, 5) is 13.0. The molecule has 104 valence electrons. The fourth-order valence-electron chi connectivity index (χ4n) is 2.24. The quantitative estimate of drug-likeness (QED) is 0.892. The number of halogens is 1. The Hall–Kier alpha value is -1.07. The number of benzene rings is 1. The second-order valence-corrected chi connectivity index (χ2v) is 5.91. The largest absolute Gasteiger partial charge is 0.348 e. The Balaban J connectivity index is 2.11. The molecular weight excluding hydrogens is 263 g/mol. The molecule has 5 heteroatoms. The molecule has 1 heterocycles. The van der Waals surface area contributed by atoms with Crippen LogP contribution in [0.1, 0.15) is 37.8 Å². The van der Waals surface area contributed by atoms with Crippen molar-refractivity contribution in [3.63, 3.8) is 0 Å². The first-order valence-corrected chi connectivity index (χ1v) is 7.58. The van der Waals surface area contributed by atoms with E-state index in [0.717, 1.165) is 29.1 Å². The molecule has 2 atom stereocenters.